The van der Waals surface area contributed by atoms with Crippen molar-refractivity contribution < 1.29 is 9.53 Å². The maximum atomic E-state index is 12.2. The average Bonchev–Trinajstić information content (AvgIpc) is 3.26. The summed E-state index contributed by atoms with van der Waals surface area (Å²) in [4.78, 5) is 18.8. The van der Waals surface area contributed by atoms with Crippen molar-refractivity contribution in [3.8, 4) is 11.5 Å². The standard InChI is InChI=1S/C25H30N6O2/c1-2-21(32)30-14-6-7-18(15-30)31-25-22(24(26)27-16-28-25)23(29-31)17-10-12-20(13-11-17)33-19-8-4-3-5-9-19/h2-5,8-13,16,18,22-25,29H,1,6-7,14-15,26H2,(H,27,28)/t18-,22+,23?,24?,25+/m0/s1. The molecule has 2 aromatic carbocycles. The second-order valence-electron chi connectivity index (χ2n) is 8.74. The molecule has 3 aliphatic heterocycles. The molecule has 3 heterocycles. The van der Waals surface area contributed by atoms with Gasteiger partial charge in [0.1, 0.15) is 17.7 Å². The molecule has 172 valence electrons. The predicted octanol–water partition coefficient (Wildman–Crippen LogP) is 2.38. The van der Waals surface area contributed by atoms with Crippen LogP contribution in [0.2, 0.25) is 0 Å². The molecule has 8 nitrogen and oxygen atoms in total. The van der Waals surface area contributed by atoms with Gasteiger partial charge in [-0.25, -0.2) is 10.4 Å². The van der Waals surface area contributed by atoms with E-state index in [0.717, 1.165) is 36.4 Å². The SMILES string of the molecule is C=CC(=O)N1CCC[C@H](N2NC(c3ccc(Oc4ccccc4)cc3)[C@@H]3C(N)NC=N[C@@H]32)C1. The zero-order valence-corrected chi connectivity index (χ0v) is 18.5. The summed E-state index contributed by atoms with van der Waals surface area (Å²) in [6.45, 7) is 5.05. The lowest BCUT2D eigenvalue weighted by Crippen LogP contribution is -2.57. The van der Waals surface area contributed by atoms with Crippen molar-refractivity contribution in [1.82, 2.24) is 20.7 Å². The first kappa shape index (κ1) is 21.6. The molecule has 0 spiro atoms. The second-order valence-corrected chi connectivity index (χ2v) is 8.74. The Kier molecular flexibility index (Phi) is 6.13. The molecule has 2 aromatic rings. The van der Waals surface area contributed by atoms with Crippen LogP contribution >= 0.6 is 0 Å². The Hall–Kier alpha value is -3.20. The summed E-state index contributed by atoms with van der Waals surface area (Å²) in [5.74, 6) is 1.61. The van der Waals surface area contributed by atoms with Gasteiger partial charge < -0.3 is 20.7 Å². The maximum absolute atomic E-state index is 12.2. The number of carbonyl (C=O) groups is 1. The highest BCUT2D eigenvalue weighted by atomic mass is 16.5. The molecule has 1 amide bonds. The van der Waals surface area contributed by atoms with Gasteiger partial charge in [-0.1, -0.05) is 36.9 Å². The molecule has 0 radical (unpaired) electrons. The smallest absolute Gasteiger partial charge is 0.246 e. The van der Waals surface area contributed by atoms with Crippen molar-refractivity contribution in [2.75, 3.05) is 13.1 Å². The van der Waals surface area contributed by atoms with Gasteiger partial charge in [0, 0.05) is 19.1 Å². The van der Waals surface area contributed by atoms with Gasteiger partial charge in [-0.2, -0.15) is 0 Å². The molecule has 33 heavy (non-hydrogen) atoms. The predicted molar refractivity (Wildman–Crippen MR) is 127 cm³/mol. The van der Waals surface area contributed by atoms with E-state index < -0.39 is 0 Å². The maximum Gasteiger partial charge on any atom is 0.246 e. The summed E-state index contributed by atoms with van der Waals surface area (Å²) >= 11 is 0. The quantitative estimate of drug-likeness (QED) is 0.611. The Labute approximate surface area is 194 Å². The Morgan fingerprint density at radius 2 is 1.91 bits per heavy atom. The zero-order chi connectivity index (χ0) is 22.8. The van der Waals surface area contributed by atoms with Crippen molar-refractivity contribution in [2.24, 2.45) is 16.6 Å². The largest absolute Gasteiger partial charge is 0.457 e. The van der Waals surface area contributed by atoms with Crippen LogP contribution < -0.4 is 21.2 Å². The topological polar surface area (TPSA) is 95.2 Å². The van der Waals surface area contributed by atoms with E-state index in [1.807, 2.05) is 47.4 Å². The third-order valence-corrected chi connectivity index (χ3v) is 6.71. The monoisotopic (exact) mass is 446 g/mol. The Balaban J connectivity index is 1.36. The van der Waals surface area contributed by atoms with E-state index in [0.29, 0.717) is 6.54 Å². The molecule has 4 N–H and O–H groups in total. The fraction of sp³-hybridized carbons (Fsp3) is 0.360. The number of ether oxygens (including phenoxy) is 1. The molecule has 0 bridgehead atoms. The molecule has 2 saturated heterocycles. The van der Waals surface area contributed by atoms with Gasteiger partial charge in [0.2, 0.25) is 5.91 Å². The van der Waals surface area contributed by atoms with Gasteiger partial charge in [0.05, 0.1) is 24.5 Å². The van der Waals surface area contributed by atoms with Crippen LogP contribution in [0, 0.1) is 5.92 Å². The van der Waals surface area contributed by atoms with Gasteiger partial charge >= 0.3 is 0 Å². The van der Waals surface area contributed by atoms with Crippen molar-refractivity contribution >= 4 is 12.2 Å². The molecule has 5 rings (SSSR count). The van der Waals surface area contributed by atoms with E-state index in [4.69, 9.17) is 15.5 Å². The van der Waals surface area contributed by atoms with Crippen LogP contribution in [0.15, 0.2) is 72.2 Å². The number of piperidine rings is 1. The summed E-state index contributed by atoms with van der Waals surface area (Å²) in [5.41, 5.74) is 11.3. The number of benzene rings is 2. The van der Waals surface area contributed by atoms with Crippen LogP contribution in [-0.4, -0.2) is 53.6 Å². The summed E-state index contributed by atoms with van der Waals surface area (Å²) in [7, 11) is 0. The van der Waals surface area contributed by atoms with Crippen LogP contribution in [0.1, 0.15) is 24.4 Å². The summed E-state index contributed by atoms with van der Waals surface area (Å²) in [6.07, 6.45) is 4.70. The summed E-state index contributed by atoms with van der Waals surface area (Å²) < 4.78 is 5.95. The van der Waals surface area contributed by atoms with Gasteiger partial charge in [-0.3, -0.25) is 9.79 Å². The highest BCUT2D eigenvalue weighted by Crippen LogP contribution is 2.39. The first-order valence-corrected chi connectivity index (χ1v) is 11.5. The fourth-order valence-corrected chi connectivity index (χ4v) is 5.06. The number of nitrogens with one attached hydrogen (secondary N) is 2. The lowest BCUT2D eigenvalue weighted by Gasteiger charge is -2.40. The first-order valence-electron chi connectivity index (χ1n) is 11.5. The number of nitrogens with two attached hydrogens (primary N) is 1. The number of fused-ring (bicyclic) bond motifs is 1. The number of hydrazine groups is 1. The van der Waals surface area contributed by atoms with Gasteiger partial charge in [0.25, 0.3) is 0 Å². The minimum Gasteiger partial charge on any atom is -0.457 e. The number of carbonyl (C=O) groups excluding carboxylic acids is 1. The average molecular weight is 447 g/mol. The number of hydrogen-bond donors (Lipinski definition) is 3. The number of hydrogen-bond acceptors (Lipinski definition) is 7. The van der Waals surface area contributed by atoms with E-state index >= 15 is 0 Å². The van der Waals surface area contributed by atoms with Gasteiger partial charge in [-0.05, 0) is 48.7 Å². The summed E-state index contributed by atoms with van der Waals surface area (Å²) in [5, 5.41) is 5.39. The molecule has 5 atom stereocenters. The minimum absolute atomic E-state index is 0.00814. The highest BCUT2D eigenvalue weighted by Gasteiger charge is 2.49. The Morgan fingerprint density at radius 1 is 1.15 bits per heavy atom. The van der Waals surface area contributed by atoms with E-state index in [2.05, 4.69) is 34.5 Å². The van der Waals surface area contributed by atoms with Crippen LogP contribution in [0.25, 0.3) is 0 Å². The molecular weight excluding hydrogens is 416 g/mol. The molecular formula is C25H30N6O2. The fourth-order valence-electron chi connectivity index (χ4n) is 5.06. The lowest BCUT2D eigenvalue weighted by molar-refractivity contribution is -0.128. The number of nitrogens with zero attached hydrogens (tertiary/aromatic N) is 3. The normalized spacial score (nSPS) is 29.2. The first-order chi connectivity index (χ1) is 16.1. The van der Waals surface area contributed by atoms with Crippen molar-refractivity contribution in [3.05, 3.63) is 72.8 Å². The number of likely N-dealkylation sites (tertiary alicyclic amines) is 1. The van der Waals surface area contributed by atoms with Crippen molar-refractivity contribution in [1.29, 1.82) is 0 Å². The molecule has 0 aromatic heterocycles. The number of aliphatic imine (C=N–C) groups is 1. The van der Waals surface area contributed by atoms with E-state index in [1.54, 1.807) is 6.34 Å². The van der Waals surface area contributed by atoms with Gasteiger partial charge in [0.15, 0.2) is 0 Å². The van der Waals surface area contributed by atoms with Gasteiger partial charge in [-0.15, -0.1) is 0 Å². The van der Waals surface area contributed by atoms with Crippen molar-refractivity contribution in [2.45, 2.75) is 37.3 Å². The summed E-state index contributed by atoms with van der Waals surface area (Å²) in [6, 6.07) is 18.0. The van der Waals surface area contributed by atoms with Crippen LogP contribution in [0.5, 0.6) is 11.5 Å². The van der Waals surface area contributed by atoms with Crippen LogP contribution in [-0.2, 0) is 4.79 Å². The number of amides is 1. The molecule has 2 unspecified atom stereocenters. The molecule has 3 aliphatic rings. The highest BCUT2D eigenvalue weighted by molar-refractivity contribution is 5.87. The lowest BCUT2D eigenvalue weighted by atomic mass is 9.89. The molecule has 2 fully saturated rings. The van der Waals surface area contributed by atoms with E-state index in [1.165, 1.54) is 6.08 Å². The van der Waals surface area contributed by atoms with E-state index in [-0.39, 0.29) is 36.2 Å². The Morgan fingerprint density at radius 3 is 2.67 bits per heavy atom. The third kappa shape index (κ3) is 4.37. The van der Waals surface area contributed by atoms with Crippen LogP contribution in [0.4, 0.5) is 0 Å². The third-order valence-electron chi connectivity index (χ3n) is 6.71. The molecule has 8 heteroatoms. The Bertz CT molecular complexity index is 1010. The van der Waals surface area contributed by atoms with Crippen molar-refractivity contribution in [3.63, 3.8) is 0 Å². The minimum atomic E-state index is -0.232. The second kappa shape index (κ2) is 9.35. The van der Waals surface area contributed by atoms with E-state index in [9.17, 15) is 4.79 Å². The van der Waals surface area contributed by atoms with Crippen LogP contribution in [0.3, 0.4) is 0 Å². The number of para-hydroxylation sites is 1. The molecule has 0 saturated carbocycles. The zero-order valence-electron chi connectivity index (χ0n) is 18.5. The number of rotatable bonds is 5. The molecule has 0 aliphatic carbocycles.